The number of β-amino-alcohol motifs (C(OH)–C–C–N with tert-alkyl or cyclic N) is 1. The molecule has 1 fully saturated rings. The van der Waals surface area contributed by atoms with Gasteiger partial charge in [0.05, 0.1) is 6.61 Å². The van der Waals surface area contributed by atoms with Crippen LogP contribution < -0.4 is 10.1 Å². The average Bonchev–Trinajstić information content (AvgIpc) is 2.33. The van der Waals surface area contributed by atoms with E-state index in [-0.39, 0.29) is 0 Å². The molecule has 0 amide bonds. The fourth-order valence-electron chi connectivity index (χ4n) is 2.39. The number of benzene rings is 1. The highest BCUT2D eigenvalue weighted by Gasteiger charge is 2.31. The Balaban J connectivity index is 2.24. The van der Waals surface area contributed by atoms with Gasteiger partial charge in [-0.25, -0.2) is 0 Å². The molecule has 1 atom stereocenters. The number of aliphatic hydroxyl groups is 1. The number of hydrogen-bond donors (Lipinski definition) is 2. The van der Waals surface area contributed by atoms with Crippen molar-refractivity contribution in [1.82, 2.24) is 5.32 Å². The lowest BCUT2D eigenvalue weighted by Crippen LogP contribution is -2.43. The lowest BCUT2D eigenvalue weighted by atomic mass is 9.86. The van der Waals surface area contributed by atoms with Crippen molar-refractivity contribution < 1.29 is 9.84 Å². The summed E-state index contributed by atoms with van der Waals surface area (Å²) in [5, 5.41) is 13.8. The summed E-state index contributed by atoms with van der Waals surface area (Å²) in [4.78, 5) is 0. The topological polar surface area (TPSA) is 41.5 Å². The van der Waals surface area contributed by atoms with Crippen molar-refractivity contribution in [3.8, 4) is 5.75 Å². The Morgan fingerprint density at radius 2 is 2.29 bits per heavy atom. The summed E-state index contributed by atoms with van der Waals surface area (Å²) in [5.41, 5.74) is 1.36. The molecule has 1 heterocycles. The molecule has 1 saturated heterocycles. The van der Waals surface area contributed by atoms with Crippen LogP contribution in [0.5, 0.6) is 5.75 Å². The zero-order valence-electron chi connectivity index (χ0n) is 10.6. The van der Waals surface area contributed by atoms with Gasteiger partial charge in [-0.1, -0.05) is 6.07 Å². The molecule has 1 aromatic carbocycles. The van der Waals surface area contributed by atoms with Crippen LogP contribution in [0.3, 0.4) is 0 Å². The second-order valence-corrected chi connectivity index (χ2v) is 4.73. The molecule has 17 heavy (non-hydrogen) atoms. The fraction of sp³-hybridized carbons (Fsp3) is 0.571. The van der Waals surface area contributed by atoms with E-state index >= 15 is 0 Å². The van der Waals surface area contributed by atoms with Crippen molar-refractivity contribution in [2.75, 3.05) is 19.7 Å². The second kappa shape index (κ2) is 5.07. The molecule has 0 spiro atoms. The highest BCUT2D eigenvalue weighted by molar-refractivity contribution is 5.38. The van der Waals surface area contributed by atoms with Crippen molar-refractivity contribution in [3.05, 3.63) is 29.3 Å². The first-order valence-electron chi connectivity index (χ1n) is 6.33. The van der Waals surface area contributed by atoms with Gasteiger partial charge in [0.25, 0.3) is 0 Å². The predicted molar refractivity (Wildman–Crippen MR) is 68.3 cm³/mol. The quantitative estimate of drug-likeness (QED) is 0.841. The molecule has 3 heteroatoms. The van der Waals surface area contributed by atoms with E-state index in [0.717, 1.165) is 36.3 Å². The Morgan fingerprint density at radius 1 is 1.47 bits per heavy atom. The van der Waals surface area contributed by atoms with Crippen LogP contribution in [-0.4, -0.2) is 24.8 Å². The van der Waals surface area contributed by atoms with Gasteiger partial charge in [0.15, 0.2) is 0 Å². The first kappa shape index (κ1) is 12.4. The summed E-state index contributed by atoms with van der Waals surface area (Å²) in [5.74, 6) is 0.906. The first-order chi connectivity index (χ1) is 8.15. The van der Waals surface area contributed by atoms with Crippen molar-refractivity contribution in [1.29, 1.82) is 0 Å². The van der Waals surface area contributed by atoms with E-state index in [1.807, 2.05) is 32.0 Å². The Labute approximate surface area is 103 Å². The molecule has 1 aliphatic heterocycles. The lowest BCUT2D eigenvalue weighted by Gasteiger charge is -2.33. The Kier molecular flexibility index (Phi) is 3.69. The van der Waals surface area contributed by atoms with Crippen LogP contribution >= 0.6 is 0 Å². The summed E-state index contributed by atoms with van der Waals surface area (Å²) in [7, 11) is 0. The monoisotopic (exact) mass is 235 g/mol. The molecule has 0 aromatic heterocycles. The Bertz CT molecular complexity index is 384. The summed E-state index contributed by atoms with van der Waals surface area (Å²) in [6, 6.07) is 5.98. The maximum atomic E-state index is 10.6. The number of piperidine rings is 1. The molecule has 1 aromatic rings. The van der Waals surface area contributed by atoms with Crippen LogP contribution in [0.4, 0.5) is 0 Å². The van der Waals surface area contributed by atoms with E-state index in [1.54, 1.807) is 0 Å². The van der Waals surface area contributed by atoms with Crippen molar-refractivity contribution in [2.24, 2.45) is 0 Å². The van der Waals surface area contributed by atoms with Gasteiger partial charge < -0.3 is 15.2 Å². The molecule has 2 N–H and O–H groups in total. The summed E-state index contributed by atoms with van der Waals surface area (Å²) >= 11 is 0. The minimum Gasteiger partial charge on any atom is -0.494 e. The summed E-state index contributed by atoms with van der Waals surface area (Å²) < 4.78 is 5.51. The zero-order valence-corrected chi connectivity index (χ0v) is 10.6. The number of aryl methyl sites for hydroxylation is 1. The standard InChI is InChI=1S/C14H21NO2/c1-3-17-13-6-5-12(9-11(13)2)14(16)7-4-8-15-10-14/h5-6,9,15-16H,3-4,7-8,10H2,1-2H3. The number of rotatable bonds is 3. The highest BCUT2D eigenvalue weighted by Crippen LogP contribution is 2.31. The largest absolute Gasteiger partial charge is 0.494 e. The maximum Gasteiger partial charge on any atom is 0.122 e. The van der Waals surface area contributed by atoms with Crippen LogP contribution in [0.15, 0.2) is 18.2 Å². The molecule has 1 unspecified atom stereocenters. The van der Waals surface area contributed by atoms with Crippen LogP contribution in [0.2, 0.25) is 0 Å². The van der Waals surface area contributed by atoms with E-state index in [0.29, 0.717) is 13.2 Å². The van der Waals surface area contributed by atoms with Gasteiger partial charge in [-0.15, -0.1) is 0 Å². The van der Waals surface area contributed by atoms with Crippen LogP contribution in [0.1, 0.15) is 30.9 Å². The molecule has 0 aliphatic carbocycles. The SMILES string of the molecule is CCOc1ccc(C2(O)CCCNC2)cc1C. The first-order valence-corrected chi connectivity index (χ1v) is 6.33. The minimum atomic E-state index is -0.715. The fourth-order valence-corrected chi connectivity index (χ4v) is 2.39. The molecule has 3 nitrogen and oxygen atoms in total. The van der Waals surface area contributed by atoms with Crippen molar-refractivity contribution >= 4 is 0 Å². The van der Waals surface area contributed by atoms with Gasteiger partial charge in [0.1, 0.15) is 11.4 Å². The van der Waals surface area contributed by atoms with Crippen LogP contribution in [0.25, 0.3) is 0 Å². The molecule has 2 rings (SSSR count). The van der Waals surface area contributed by atoms with Crippen LogP contribution in [0, 0.1) is 6.92 Å². The molecular formula is C14H21NO2. The Hall–Kier alpha value is -1.06. The smallest absolute Gasteiger partial charge is 0.122 e. The van der Waals surface area contributed by atoms with Crippen molar-refractivity contribution in [3.63, 3.8) is 0 Å². The van der Waals surface area contributed by atoms with Gasteiger partial charge >= 0.3 is 0 Å². The normalized spacial score (nSPS) is 24.6. The van der Waals surface area contributed by atoms with Crippen molar-refractivity contribution in [2.45, 2.75) is 32.3 Å². The van der Waals surface area contributed by atoms with E-state index in [9.17, 15) is 5.11 Å². The molecule has 94 valence electrons. The van der Waals surface area contributed by atoms with Gasteiger partial charge in [0, 0.05) is 6.54 Å². The van der Waals surface area contributed by atoms with Gasteiger partial charge in [-0.3, -0.25) is 0 Å². The summed E-state index contributed by atoms with van der Waals surface area (Å²) in [6.07, 6.45) is 1.84. The average molecular weight is 235 g/mol. The van der Waals surface area contributed by atoms with E-state index < -0.39 is 5.60 Å². The number of hydrogen-bond acceptors (Lipinski definition) is 3. The van der Waals surface area contributed by atoms with Gasteiger partial charge in [-0.05, 0) is 56.5 Å². The zero-order chi connectivity index (χ0) is 12.3. The van der Waals surface area contributed by atoms with E-state index in [1.165, 1.54) is 0 Å². The molecule has 1 aliphatic rings. The molecule has 0 radical (unpaired) electrons. The molecular weight excluding hydrogens is 214 g/mol. The lowest BCUT2D eigenvalue weighted by molar-refractivity contribution is 0.0122. The van der Waals surface area contributed by atoms with Gasteiger partial charge in [-0.2, -0.15) is 0 Å². The van der Waals surface area contributed by atoms with Gasteiger partial charge in [0.2, 0.25) is 0 Å². The molecule has 0 saturated carbocycles. The third kappa shape index (κ3) is 2.61. The van der Waals surface area contributed by atoms with E-state index in [2.05, 4.69) is 5.32 Å². The third-order valence-corrected chi connectivity index (χ3v) is 3.37. The summed E-state index contributed by atoms with van der Waals surface area (Å²) in [6.45, 7) is 6.31. The molecule has 0 bridgehead atoms. The third-order valence-electron chi connectivity index (χ3n) is 3.37. The number of nitrogens with one attached hydrogen (secondary N) is 1. The minimum absolute atomic E-state index is 0.639. The van der Waals surface area contributed by atoms with Crippen LogP contribution in [-0.2, 0) is 5.60 Å². The predicted octanol–water partition coefficient (Wildman–Crippen LogP) is 1.96. The Morgan fingerprint density at radius 3 is 2.88 bits per heavy atom. The second-order valence-electron chi connectivity index (χ2n) is 4.73. The maximum absolute atomic E-state index is 10.6. The van der Waals surface area contributed by atoms with E-state index in [4.69, 9.17) is 4.74 Å². The number of ether oxygens (including phenoxy) is 1. The highest BCUT2D eigenvalue weighted by atomic mass is 16.5.